The highest BCUT2D eigenvalue weighted by molar-refractivity contribution is 7.16. The lowest BCUT2D eigenvalue weighted by Crippen LogP contribution is -2.31. The van der Waals surface area contributed by atoms with Crippen molar-refractivity contribution in [2.75, 3.05) is 6.54 Å². The molecule has 24 heavy (non-hydrogen) atoms. The first kappa shape index (κ1) is 16.1. The number of thiophene rings is 1. The van der Waals surface area contributed by atoms with E-state index in [0.717, 1.165) is 10.4 Å². The van der Waals surface area contributed by atoms with Gasteiger partial charge in [-0.05, 0) is 36.1 Å². The standard InChI is InChI=1S/C17H16N4O2S/c1-12-20-16-14(6-10-24-16)17(23)21(12)9-8-19-15(22)5-4-13-3-2-7-18-11-13/h2-7,10-11H,8-9H2,1H3,(H,19,22)/b5-4-. The lowest BCUT2D eigenvalue weighted by molar-refractivity contribution is -0.116. The number of pyridine rings is 1. The first-order chi connectivity index (χ1) is 11.6. The maximum atomic E-state index is 12.4. The molecular weight excluding hydrogens is 324 g/mol. The number of aromatic nitrogens is 3. The van der Waals surface area contributed by atoms with Crippen molar-refractivity contribution in [3.05, 3.63) is 63.8 Å². The zero-order valence-electron chi connectivity index (χ0n) is 13.1. The fourth-order valence-corrected chi connectivity index (χ4v) is 3.11. The Balaban J connectivity index is 1.61. The molecule has 0 aliphatic rings. The molecule has 0 spiro atoms. The lowest BCUT2D eigenvalue weighted by atomic mass is 10.2. The number of nitrogens with one attached hydrogen (secondary N) is 1. The van der Waals surface area contributed by atoms with Gasteiger partial charge in [-0.25, -0.2) is 4.98 Å². The molecule has 0 aromatic carbocycles. The summed E-state index contributed by atoms with van der Waals surface area (Å²) in [6, 6.07) is 5.45. The van der Waals surface area contributed by atoms with E-state index in [1.807, 2.05) is 11.4 Å². The normalized spacial score (nSPS) is 11.2. The van der Waals surface area contributed by atoms with Crippen LogP contribution in [-0.4, -0.2) is 27.0 Å². The minimum atomic E-state index is -0.214. The maximum absolute atomic E-state index is 12.4. The van der Waals surface area contributed by atoms with Crippen LogP contribution in [0.15, 0.2) is 46.8 Å². The fourth-order valence-electron chi connectivity index (χ4n) is 2.31. The Hall–Kier alpha value is -2.80. The molecule has 0 saturated heterocycles. The van der Waals surface area contributed by atoms with Crippen molar-refractivity contribution in [1.29, 1.82) is 0 Å². The lowest BCUT2D eigenvalue weighted by Gasteiger charge is -2.09. The van der Waals surface area contributed by atoms with Crippen LogP contribution in [0.3, 0.4) is 0 Å². The summed E-state index contributed by atoms with van der Waals surface area (Å²) in [6.45, 7) is 2.54. The van der Waals surface area contributed by atoms with Gasteiger partial charge in [0.05, 0.1) is 5.39 Å². The van der Waals surface area contributed by atoms with Gasteiger partial charge in [0.15, 0.2) is 0 Å². The van der Waals surface area contributed by atoms with Crippen LogP contribution in [0.25, 0.3) is 16.3 Å². The average Bonchev–Trinajstić information content (AvgIpc) is 3.05. The number of amides is 1. The predicted molar refractivity (Wildman–Crippen MR) is 94.9 cm³/mol. The summed E-state index contributed by atoms with van der Waals surface area (Å²) in [5, 5.41) is 5.24. The van der Waals surface area contributed by atoms with Crippen LogP contribution in [0.1, 0.15) is 11.4 Å². The summed E-state index contributed by atoms with van der Waals surface area (Å²) < 4.78 is 1.58. The van der Waals surface area contributed by atoms with Crippen LogP contribution in [0.2, 0.25) is 0 Å². The molecule has 0 fully saturated rings. The van der Waals surface area contributed by atoms with E-state index < -0.39 is 0 Å². The van der Waals surface area contributed by atoms with Gasteiger partial charge >= 0.3 is 0 Å². The molecule has 0 unspecified atom stereocenters. The van der Waals surface area contributed by atoms with Gasteiger partial charge in [-0.15, -0.1) is 11.3 Å². The van der Waals surface area contributed by atoms with Gasteiger partial charge in [-0.1, -0.05) is 6.07 Å². The van der Waals surface area contributed by atoms with Crippen molar-refractivity contribution < 1.29 is 4.79 Å². The molecule has 3 aromatic heterocycles. The first-order valence-corrected chi connectivity index (χ1v) is 8.34. The summed E-state index contributed by atoms with van der Waals surface area (Å²) in [5.74, 6) is 0.434. The van der Waals surface area contributed by atoms with Crippen LogP contribution in [-0.2, 0) is 11.3 Å². The molecule has 3 rings (SSSR count). The molecule has 1 N–H and O–H groups in total. The van der Waals surface area contributed by atoms with Crippen molar-refractivity contribution in [1.82, 2.24) is 19.9 Å². The molecule has 7 heteroatoms. The second-order valence-electron chi connectivity index (χ2n) is 5.17. The van der Waals surface area contributed by atoms with Gasteiger partial charge in [0.1, 0.15) is 10.7 Å². The van der Waals surface area contributed by atoms with E-state index >= 15 is 0 Å². The molecule has 0 radical (unpaired) electrons. The van der Waals surface area contributed by atoms with Crippen LogP contribution < -0.4 is 10.9 Å². The molecule has 0 atom stereocenters. The molecule has 0 aliphatic heterocycles. The number of aryl methyl sites for hydroxylation is 1. The fraction of sp³-hybridized carbons (Fsp3) is 0.176. The molecule has 0 saturated carbocycles. The molecule has 0 bridgehead atoms. The van der Waals surface area contributed by atoms with Crippen molar-refractivity contribution in [3.8, 4) is 0 Å². The first-order valence-electron chi connectivity index (χ1n) is 7.46. The predicted octanol–water partition coefficient (Wildman–Crippen LogP) is 1.99. The van der Waals surface area contributed by atoms with Crippen molar-refractivity contribution in [2.24, 2.45) is 0 Å². The largest absolute Gasteiger partial charge is 0.351 e. The van der Waals surface area contributed by atoms with E-state index in [1.54, 1.807) is 42.1 Å². The minimum Gasteiger partial charge on any atom is -0.351 e. The monoisotopic (exact) mass is 340 g/mol. The molecule has 3 heterocycles. The second kappa shape index (κ2) is 7.18. The van der Waals surface area contributed by atoms with Gasteiger partial charge in [-0.2, -0.15) is 0 Å². The third-order valence-electron chi connectivity index (χ3n) is 3.52. The molecule has 122 valence electrons. The van der Waals surface area contributed by atoms with Gasteiger partial charge in [0.2, 0.25) is 5.91 Å². The molecular formula is C17H16N4O2S. The van der Waals surface area contributed by atoms with E-state index in [0.29, 0.717) is 24.3 Å². The Bertz CT molecular complexity index is 944. The highest BCUT2D eigenvalue weighted by Gasteiger charge is 2.08. The maximum Gasteiger partial charge on any atom is 0.262 e. The quantitative estimate of drug-likeness (QED) is 0.721. The minimum absolute atomic E-state index is 0.0705. The Kier molecular flexibility index (Phi) is 4.81. The van der Waals surface area contributed by atoms with E-state index in [4.69, 9.17) is 0 Å². The Morgan fingerprint density at radius 1 is 1.42 bits per heavy atom. The summed E-state index contributed by atoms with van der Waals surface area (Å²) in [6.07, 6.45) is 6.50. The number of rotatable bonds is 5. The summed E-state index contributed by atoms with van der Waals surface area (Å²) in [7, 11) is 0. The van der Waals surface area contributed by atoms with E-state index in [2.05, 4.69) is 15.3 Å². The van der Waals surface area contributed by atoms with Gasteiger partial charge < -0.3 is 5.32 Å². The smallest absolute Gasteiger partial charge is 0.262 e. The summed E-state index contributed by atoms with van der Waals surface area (Å²) >= 11 is 1.45. The zero-order chi connectivity index (χ0) is 16.9. The number of fused-ring (bicyclic) bond motifs is 1. The third kappa shape index (κ3) is 3.57. The average molecular weight is 340 g/mol. The number of hydrogen-bond acceptors (Lipinski definition) is 5. The van der Waals surface area contributed by atoms with Crippen LogP contribution in [0.5, 0.6) is 0 Å². The topological polar surface area (TPSA) is 76.9 Å². The van der Waals surface area contributed by atoms with Crippen molar-refractivity contribution in [3.63, 3.8) is 0 Å². The third-order valence-corrected chi connectivity index (χ3v) is 4.33. The Morgan fingerprint density at radius 2 is 2.29 bits per heavy atom. The number of carbonyl (C=O) groups excluding carboxylic acids is 1. The molecule has 1 amide bonds. The van der Waals surface area contributed by atoms with Crippen LogP contribution >= 0.6 is 11.3 Å². The number of carbonyl (C=O) groups is 1. The highest BCUT2D eigenvalue weighted by Crippen LogP contribution is 2.14. The Labute approximate surface area is 142 Å². The van der Waals surface area contributed by atoms with Crippen molar-refractivity contribution >= 4 is 33.5 Å². The van der Waals surface area contributed by atoms with Crippen LogP contribution in [0, 0.1) is 6.92 Å². The van der Waals surface area contributed by atoms with Gasteiger partial charge in [0, 0.05) is 31.6 Å². The Morgan fingerprint density at radius 3 is 3.08 bits per heavy atom. The zero-order valence-corrected chi connectivity index (χ0v) is 13.9. The molecule has 6 nitrogen and oxygen atoms in total. The summed E-state index contributed by atoms with van der Waals surface area (Å²) in [5.41, 5.74) is 0.783. The highest BCUT2D eigenvalue weighted by atomic mass is 32.1. The van der Waals surface area contributed by atoms with Gasteiger partial charge in [-0.3, -0.25) is 19.1 Å². The van der Waals surface area contributed by atoms with E-state index in [9.17, 15) is 9.59 Å². The summed E-state index contributed by atoms with van der Waals surface area (Å²) in [4.78, 5) is 33.4. The SMILES string of the molecule is Cc1nc2sccc2c(=O)n1CCNC(=O)/C=C\c1cccnc1. The number of hydrogen-bond donors (Lipinski definition) is 1. The molecule has 0 aliphatic carbocycles. The second-order valence-corrected chi connectivity index (χ2v) is 6.06. The van der Waals surface area contributed by atoms with Crippen molar-refractivity contribution in [2.45, 2.75) is 13.5 Å². The van der Waals surface area contributed by atoms with Gasteiger partial charge in [0.25, 0.3) is 5.56 Å². The molecule has 3 aromatic rings. The number of nitrogens with zero attached hydrogens (tertiary/aromatic N) is 3. The van der Waals surface area contributed by atoms with E-state index in [1.165, 1.54) is 17.4 Å². The van der Waals surface area contributed by atoms with Crippen LogP contribution in [0.4, 0.5) is 0 Å². The van der Waals surface area contributed by atoms with E-state index in [-0.39, 0.29) is 11.5 Å².